The van der Waals surface area contributed by atoms with Crippen molar-refractivity contribution >= 4 is 17.7 Å². The van der Waals surface area contributed by atoms with Crippen molar-refractivity contribution in [3.05, 3.63) is 36.0 Å². The zero-order chi connectivity index (χ0) is 11.8. The number of allylic oxidation sites excluding steroid dienone is 3. The molecule has 0 N–H and O–H groups in total. The molecule has 88 valence electrons. The van der Waals surface area contributed by atoms with Gasteiger partial charge in [0.15, 0.2) is 0 Å². The highest BCUT2D eigenvalue weighted by Crippen LogP contribution is 2.17. The third-order valence-corrected chi connectivity index (χ3v) is 3.20. The van der Waals surface area contributed by atoms with Crippen molar-refractivity contribution in [3.63, 3.8) is 0 Å². The van der Waals surface area contributed by atoms with Gasteiger partial charge < -0.3 is 4.74 Å². The number of ether oxygens (including phenoxy) is 1. The summed E-state index contributed by atoms with van der Waals surface area (Å²) in [6, 6.07) is 0. The summed E-state index contributed by atoms with van der Waals surface area (Å²) in [4.78, 5) is 11.4. The van der Waals surface area contributed by atoms with Crippen molar-refractivity contribution in [2.75, 3.05) is 11.5 Å². The average molecular weight is 238 g/mol. The molecule has 0 aliphatic carbocycles. The predicted molar refractivity (Wildman–Crippen MR) is 69.5 cm³/mol. The molecule has 0 amide bonds. The fourth-order valence-electron chi connectivity index (χ4n) is 1.40. The van der Waals surface area contributed by atoms with Crippen molar-refractivity contribution in [2.45, 2.75) is 26.4 Å². The molecule has 1 aliphatic heterocycles. The zero-order valence-corrected chi connectivity index (χ0v) is 10.6. The summed E-state index contributed by atoms with van der Waals surface area (Å²) in [7, 11) is 0. The van der Waals surface area contributed by atoms with Crippen molar-refractivity contribution in [1.29, 1.82) is 0 Å². The molecule has 1 atom stereocenters. The lowest BCUT2D eigenvalue weighted by Crippen LogP contribution is -2.10. The van der Waals surface area contributed by atoms with Crippen molar-refractivity contribution < 1.29 is 9.53 Å². The minimum atomic E-state index is -0.276. The fraction of sp³-hybridized carbons (Fsp3) is 0.462. The number of esters is 1. The van der Waals surface area contributed by atoms with E-state index in [0.717, 1.165) is 12.2 Å². The monoisotopic (exact) mass is 238 g/mol. The molecule has 1 aliphatic rings. The van der Waals surface area contributed by atoms with Crippen LogP contribution in [-0.4, -0.2) is 23.6 Å². The maximum Gasteiger partial charge on any atom is 0.331 e. The van der Waals surface area contributed by atoms with Crippen molar-refractivity contribution in [2.24, 2.45) is 0 Å². The molecular formula is C13H18O2S. The second kappa shape index (κ2) is 7.34. The molecule has 1 heterocycles. The number of rotatable bonds is 4. The van der Waals surface area contributed by atoms with E-state index in [1.165, 1.54) is 17.4 Å². The van der Waals surface area contributed by atoms with Gasteiger partial charge in [0.1, 0.15) is 6.10 Å². The van der Waals surface area contributed by atoms with Gasteiger partial charge in [-0.1, -0.05) is 18.2 Å². The quantitative estimate of drug-likeness (QED) is 0.427. The second-order valence-corrected chi connectivity index (χ2v) is 4.73. The van der Waals surface area contributed by atoms with E-state index >= 15 is 0 Å². The highest BCUT2D eigenvalue weighted by molar-refractivity contribution is 7.99. The van der Waals surface area contributed by atoms with Gasteiger partial charge in [0.2, 0.25) is 0 Å². The van der Waals surface area contributed by atoms with Crippen LogP contribution in [0.2, 0.25) is 0 Å². The summed E-state index contributed by atoms with van der Waals surface area (Å²) in [5.41, 5.74) is 1.21. The summed E-state index contributed by atoms with van der Waals surface area (Å²) < 4.78 is 5.14. The molecule has 0 fully saturated rings. The minimum Gasteiger partial charge on any atom is -0.455 e. The number of carbonyl (C=O) groups is 1. The molecule has 0 aromatic heterocycles. The Balaban J connectivity index is 2.38. The van der Waals surface area contributed by atoms with Gasteiger partial charge in [-0.25, -0.2) is 4.79 Å². The van der Waals surface area contributed by atoms with Crippen LogP contribution in [-0.2, 0) is 9.53 Å². The summed E-state index contributed by atoms with van der Waals surface area (Å²) in [5.74, 6) is 1.90. The van der Waals surface area contributed by atoms with Gasteiger partial charge in [-0.2, -0.15) is 11.8 Å². The Hall–Kier alpha value is -0.960. The van der Waals surface area contributed by atoms with Crippen molar-refractivity contribution in [1.82, 2.24) is 0 Å². The van der Waals surface area contributed by atoms with Gasteiger partial charge in [-0.15, -0.1) is 0 Å². The lowest BCUT2D eigenvalue weighted by Gasteiger charge is -2.09. The van der Waals surface area contributed by atoms with E-state index in [-0.39, 0.29) is 12.1 Å². The van der Waals surface area contributed by atoms with Crippen LogP contribution in [0.15, 0.2) is 36.0 Å². The first-order valence-corrected chi connectivity index (χ1v) is 6.66. The maximum atomic E-state index is 11.4. The molecule has 0 saturated carbocycles. The number of thioether (sulfide) groups is 1. The van der Waals surface area contributed by atoms with Crippen LogP contribution in [0.4, 0.5) is 0 Å². The first-order chi connectivity index (χ1) is 7.72. The van der Waals surface area contributed by atoms with E-state index in [2.05, 4.69) is 6.08 Å². The standard InChI is InChI=1S/C13H18O2S/c1-3-5-11(2)15-13(14)8-7-12-6-4-9-16-10-12/h3,5-8,11H,4,9-10H2,1-2H3/b5-3+,8-7+. The van der Waals surface area contributed by atoms with Gasteiger partial charge in [0.05, 0.1) is 0 Å². The molecule has 0 bridgehead atoms. The molecule has 0 aromatic carbocycles. The first-order valence-electron chi connectivity index (χ1n) is 5.50. The van der Waals surface area contributed by atoms with Gasteiger partial charge in [0, 0.05) is 11.8 Å². The molecule has 2 nitrogen and oxygen atoms in total. The third-order valence-electron chi connectivity index (χ3n) is 2.14. The largest absolute Gasteiger partial charge is 0.455 e. The summed E-state index contributed by atoms with van der Waals surface area (Å²) >= 11 is 1.89. The first kappa shape index (κ1) is 13.1. The highest BCUT2D eigenvalue weighted by atomic mass is 32.2. The fourth-order valence-corrected chi connectivity index (χ4v) is 2.28. The summed E-state index contributed by atoms with van der Waals surface area (Å²) in [5, 5.41) is 0. The second-order valence-electron chi connectivity index (χ2n) is 3.62. The SMILES string of the molecule is C/C=C/C(C)OC(=O)/C=C/C1=CCCSC1. The Morgan fingerprint density at radius 2 is 2.44 bits per heavy atom. The van der Waals surface area contributed by atoms with Crippen LogP contribution in [0.3, 0.4) is 0 Å². The van der Waals surface area contributed by atoms with Crippen LogP contribution in [0.5, 0.6) is 0 Å². The van der Waals surface area contributed by atoms with E-state index < -0.39 is 0 Å². The molecule has 1 rings (SSSR count). The van der Waals surface area contributed by atoms with Crippen LogP contribution in [0, 0.1) is 0 Å². The van der Waals surface area contributed by atoms with Crippen LogP contribution in [0.25, 0.3) is 0 Å². The molecule has 0 saturated heterocycles. The van der Waals surface area contributed by atoms with E-state index in [1.807, 2.05) is 43.8 Å². The normalized spacial score (nSPS) is 18.8. The molecule has 0 aromatic rings. The van der Waals surface area contributed by atoms with Crippen LogP contribution < -0.4 is 0 Å². The Kier molecular flexibility index (Phi) is 6.01. The van der Waals surface area contributed by atoms with Crippen molar-refractivity contribution in [3.8, 4) is 0 Å². The molecule has 0 spiro atoms. The van der Waals surface area contributed by atoms with Gasteiger partial charge in [-0.05, 0) is 37.7 Å². The summed E-state index contributed by atoms with van der Waals surface area (Å²) in [6.07, 6.45) is 10.2. The molecular weight excluding hydrogens is 220 g/mol. The van der Waals surface area contributed by atoms with Gasteiger partial charge in [0.25, 0.3) is 0 Å². The Bertz CT molecular complexity index is 316. The Labute approximate surface area is 101 Å². The number of hydrogen-bond acceptors (Lipinski definition) is 3. The molecule has 1 unspecified atom stereocenters. The van der Waals surface area contributed by atoms with Crippen LogP contribution in [0.1, 0.15) is 20.3 Å². The highest BCUT2D eigenvalue weighted by Gasteiger charge is 2.04. The van der Waals surface area contributed by atoms with Crippen LogP contribution >= 0.6 is 11.8 Å². The average Bonchev–Trinajstić information content (AvgIpc) is 2.28. The van der Waals surface area contributed by atoms with Gasteiger partial charge in [-0.3, -0.25) is 0 Å². The molecule has 3 heteroatoms. The number of carbonyl (C=O) groups excluding carboxylic acids is 1. The predicted octanol–water partition coefficient (Wildman–Crippen LogP) is 3.11. The molecule has 0 radical (unpaired) electrons. The molecule has 16 heavy (non-hydrogen) atoms. The number of hydrogen-bond donors (Lipinski definition) is 0. The Morgan fingerprint density at radius 1 is 1.62 bits per heavy atom. The van der Waals surface area contributed by atoms with E-state index in [1.54, 1.807) is 0 Å². The summed E-state index contributed by atoms with van der Waals surface area (Å²) in [6.45, 7) is 3.76. The lowest BCUT2D eigenvalue weighted by atomic mass is 10.2. The lowest BCUT2D eigenvalue weighted by molar-refractivity contribution is -0.140. The smallest absolute Gasteiger partial charge is 0.331 e. The Morgan fingerprint density at radius 3 is 3.06 bits per heavy atom. The zero-order valence-electron chi connectivity index (χ0n) is 9.81. The van der Waals surface area contributed by atoms with E-state index in [9.17, 15) is 4.79 Å². The third kappa shape index (κ3) is 5.21. The van der Waals surface area contributed by atoms with E-state index in [0.29, 0.717) is 0 Å². The minimum absolute atomic E-state index is 0.156. The maximum absolute atomic E-state index is 11.4. The topological polar surface area (TPSA) is 26.3 Å². The van der Waals surface area contributed by atoms with Gasteiger partial charge >= 0.3 is 5.97 Å². The van der Waals surface area contributed by atoms with E-state index in [4.69, 9.17) is 4.74 Å².